The first-order valence-electron chi connectivity index (χ1n) is 8.23. The van der Waals surface area contributed by atoms with Gasteiger partial charge in [-0.25, -0.2) is 9.67 Å². The molecular weight excluding hydrogens is 306 g/mol. The fraction of sp³-hybridized carbons (Fsp3) is 0.471. The molecule has 0 bridgehead atoms. The summed E-state index contributed by atoms with van der Waals surface area (Å²) in [6.45, 7) is 5.28. The predicted molar refractivity (Wildman–Crippen MR) is 89.2 cm³/mol. The number of carbonyl (C=O) groups is 1. The Morgan fingerprint density at radius 2 is 1.92 bits per heavy atom. The van der Waals surface area contributed by atoms with Crippen LogP contribution in [0.1, 0.15) is 24.6 Å². The van der Waals surface area contributed by atoms with E-state index in [1.54, 1.807) is 11.0 Å². The van der Waals surface area contributed by atoms with E-state index in [0.29, 0.717) is 19.6 Å². The van der Waals surface area contributed by atoms with Gasteiger partial charge in [0.05, 0.1) is 6.10 Å². The number of piperazine rings is 1. The van der Waals surface area contributed by atoms with Gasteiger partial charge in [0.15, 0.2) is 0 Å². The van der Waals surface area contributed by atoms with Gasteiger partial charge in [0.25, 0.3) is 0 Å². The topological polar surface area (TPSA) is 74.5 Å². The van der Waals surface area contributed by atoms with Gasteiger partial charge < -0.3 is 10.0 Å². The molecular formula is C17H23N5O2. The standard InChI is InChI=1S/C17H23N5O2/c1-14(22-13-18-12-19-22)17(24)21-9-7-20(8-10-21)11-16(23)15-5-3-2-4-6-15/h2-6,12-14,16,23H,7-11H2,1H3. The van der Waals surface area contributed by atoms with Gasteiger partial charge in [0.1, 0.15) is 18.7 Å². The Morgan fingerprint density at radius 1 is 1.21 bits per heavy atom. The Morgan fingerprint density at radius 3 is 2.54 bits per heavy atom. The Labute approximate surface area is 141 Å². The summed E-state index contributed by atoms with van der Waals surface area (Å²) < 4.78 is 1.58. The van der Waals surface area contributed by atoms with Crippen LogP contribution in [0.4, 0.5) is 0 Å². The number of aliphatic hydroxyl groups is 1. The van der Waals surface area contributed by atoms with Crippen LogP contribution in [0.3, 0.4) is 0 Å². The van der Waals surface area contributed by atoms with Crippen LogP contribution in [0.25, 0.3) is 0 Å². The van der Waals surface area contributed by atoms with Crippen molar-refractivity contribution in [2.75, 3.05) is 32.7 Å². The van der Waals surface area contributed by atoms with Gasteiger partial charge in [0, 0.05) is 32.7 Å². The van der Waals surface area contributed by atoms with Crippen molar-refractivity contribution in [2.45, 2.75) is 19.1 Å². The molecule has 2 heterocycles. The van der Waals surface area contributed by atoms with Crippen LogP contribution < -0.4 is 0 Å². The Hall–Kier alpha value is -2.25. The van der Waals surface area contributed by atoms with Gasteiger partial charge in [0.2, 0.25) is 5.91 Å². The molecule has 1 N–H and O–H groups in total. The van der Waals surface area contributed by atoms with E-state index in [-0.39, 0.29) is 11.9 Å². The maximum absolute atomic E-state index is 12.5. The molecule has 1 aromatic carbocycles. The second-order valence-electron chi connectivity index (χ2n) is 6.10. The normalized spacial score (nSPS) is 18.3. The molecule has 1 saturated heterocycles. The molecule has 2 atom stereocenters. The van der Waals surface area contributed by atoms with Crippen molar-refractivity contribution in [1.82, 2.24) is 24.6 Å². The first-order chi connectivity index (χ1) is 11.6. The van der Waals surface area contributed by atoms with E-state index < -0.39 is 6.10 Å². The van der Waals surface area contributed by atoms with Crippen LogP contribution in [0.2, 0.25) is 0 Å². The van der Waals surface area contributed by atoms with Crippen molar-refractivity contribution in [2.24, 2.45) is 0 Å². The fourth-order valence-electron chi connectivity index (χ4n) is 2.97. The third-order valence-corrected chi connectivity index (χ3v) is 4.49. The average Bonchev–Trinajstić information content (AvgIpc) is 3.16. The number of hydrogen-bond donors (Lipinski definition) is 1. The molecule has 2 unspecified atom stereocenters. The summed E-state index contributed by atoms with van der Waals surface area (Å²) in [5.41, 5.74) is 0.927. The number of β-amino-alcohol motifs (C(OH)–C–C–N with tert-alkyl or cyclic N) is 1. The zero-order valence-corrected chi connectivity index (χ0v) is 13.8. The van der Waals surface area contributed by atoms with E-state index in [4.69, 9.17) is 0 Å². The molecule has 0 aliphatic carbocycles. The summed E-state index contributed by atoms with van der Waals surface area (Å²) in [6.07, 6.45) is 2.50. The molecule has 128 valence electrons. The lowest BCUT2D eigenvalue weighted by molar-refractivity contribution is -0.136. The number of aliphatic hydroxyl groups excluding tert-OH is 1. The molecule has 1 fully saturated rings. The molecule has 7 nitrogen and oxygen atoms in total. The molecule has 3 rings (SSSR count). The molecule has 24 heavy (non-hydrogen) atoms. The highest BCUT2D eigenvalue weighted by atomic mass is 16.3. The number of amides is 1. The van der Waals surface area contributed by atoms with Crippen molar-refractivity contribution in [3.8, 4) is 0 Å². The van der Waals surface area contributed by atoms with Crippen molar-refractivity contribution in [3.63, 3.8) is 0 Å². The van der Waals surface area contributed by atoms with Crippen LogP contribution in [0, 0.1) is 0 Å². The largest absolute Gasteiger partial charge is 0.387 e. The minimum Gasteiger partial charge on any atom is -0.387 e. The molecule has 0 spiro atoms. The third-order valence-electron chi connectivity index (χ3n) is 4.49. The first-order valence-corrected chi connectivity index (χ1v) is 8.23. The molecule has 1 amide bonds. The van der Waals surface area contributed by atoms with Crippen LogP contribution in [0.5, 0.6) is 0 Å². The molecule has 2 aromatic rings. The molecule has 7 heteroatoms. The monoisotopic (exact) mass is 329 g/mol. The summed E-state index contributed by atoms with van der Waals surface area (Å²) in [5.74, 6) is 0.0590. The molecule has 0 saturated carbocycles. The average molecular weight is 329 g/mol. The highest BCUT2D eigenvalue weighted by Gasteiger charge is 2.27. The minimum atomic E-state index is -0.498. The van der Waals surface area contributed by atoms with E-state index in [0.717, 1.165) is 18.7 Å². The van der Waals surface area contributed by atoms with E-state index in [1.165, 1.54) is 6.33 Å². The van der Waals surface area contributed by atoms with Crippen LogP contribution in [-0.2, 0) is 4.79 Å². The summed E-state index contributed by atoms with van der Waals surface area (Å²) in [4.78, 5) is 20.5. The van der Waals surface area contributed by atoms with Gasteiger partial charge in [-0.1, -0.05) is 30.3 Å². The van der Waals surface area contributed by atoms with Crippen molar-refractivity contribution in [1.29, 1.82) is 0 Å². The van der Waals surface area contributed by atoms with E-state index in [2.05, 4.69) is 15.0 Å². The number of aromatic nitrogens is 3. The second-order valence-corrected chi connectivity index (χ2v) is 6.10. The molecule has 1 aliphatic heterocycles. The quantitative estimate of drug-likeness (QED) is 0.875. The predicted octanol–water partition coefficient (Wildman–Crippen LogP) is 0.717. The van der Waals surface area contributed by atoms with Gasteiger partial charge in [-0.3, -0.25) is 9.69 Å². The van der Waals surface area contributed by atoms with Gasteiger partial charge in [-0.05, 0) is 12.5 Å². The number of carbonyl (C=O) groups excluding carboxylic acids is 1. The summed E-state index contributed by atoms with van der Waals surface area (Å²) in [5, 5.41) is 14.4. The number of benzene rings is 1. The Bertz CT molecular complexity index is 638. The second kappa shape index (κ2) is 7.55. The number of nitrogens with zero attached hydrogens (tertiary/aromatic N) is 5. The smallest absolute Gasteiger partial charge is 0.247 e. The van der Waals surface area contributed by atoms with Crippen molar-refractivity contribution >= 4 is 5.91 Å². The number of rotatable bonds is 5. The van der Waals surface area contributed by atoms with Crippen molar-refractivity contribution in [3.05, 3.63) is 48.5 Å². The first kappa shape index (κ1) is 16.6. The van der Waals surface area contributed by atoms with Gasteiger partial charge in [-0.2, -0.15) is 5.10 Å². The zero-order valence-electron chi connectivity index (χ0n) is 13.8. The van der Waals surface area contributed by atoms with Crippen molar-refractivity contribution < 1.29 is 9.90 Å². The maximum Gasteiger partial charge on any atom is 0.247 e. The van der Waals surface area contributed by atoms with Gasteiger partial charge >= 0.3 is 0 Å². The van der Waals surface area contributed by atoms with E-state index in [1.807, 2.05) is 42.2 Å². The highest BCUT2D eigenvalue weighted by Crippen LogP contribution is 2.16. The lowest BCUT2D eigenvalue weighted by Crippen LogP contribution is -2.51. The minimum absolute atomic E-state index is 0.0590. The molecule has 1 aromatic heterocycles. The summed E-state index contributed by atoms with van der Waals surface area (Å²) in [6, 6.07) is 9.33. The Kier molecular flexibility index (Phi) is 5.22. The maximum atomic E-state index is 12.5. The summed E-state index contributed by atoms with van der Waals surface area (Å²) in [7, 11) is 0. The fourth-order valence-corrected chi connectivity index (χ4v) is 2.97. The molecule has 0 radical (unpaired) electrons. The lowest BCUT2D eigenvalue weighted by atomic mass is 10.1. The van der Waals surface area contributed by atoms with Crippen LogP contribution in [-0.4, -0.2) is 68.3 Å². The zero-order chi connectivity index (χ0) is 16.9. The summed E-state index contributed by atoms with van der Waals surface area (Å²) >= 11 is 0. The van der Waals surface area contributed by atoms with Crippen LogP contribution in [0.15, 0.2) is 43.0 Å². The SMILES string of the molecule is CC(C(=O)N1CCN(CC(O)c2ccccc2)CC1)n1cncn1. The highest BCUT2D eigenvalue weighted by molar-refractivity contribution is 5.80. The third kappa shape index (κ3) is 3.80. The van der Waals surface area contributed by atoms with Crippen LogP contribution >= 0.6 is 0 Å². The van der Waals surface area contributed by atoms with Gasteiger partial charge in [-0.15, -0.1) is 0 Å². The molecule has 1 aliphatic rings. The lowest BCUT2D eigenvalue weighted by Gasteiger charge is -2.36. The number of hydrogen-bond acceptors (Lipinski definition) is 5. The van der Waals surface area contributed by atoms with E-state index >= 15 is 0 Å². The van der Waals surface area contributed by atoms with E-state index in [9.17, 15) is 9.90 Å². The Balaban J connectivity index is 1.50.